The van der Waals surface area contributed by atoms with Crippen molar-refractivity contribution in [2.75, 3.05) is 12.8 Å². The monoisotopic (exact) mass is 242 g/mol. The zero-order valence-electron chi connectivity index (χ0n) is 11.0. The van der Waals surface area contributed by atoms with Crippen LogP contribution in [0.15, 0.2) is 4.99 Å². The molecule has 1 aliphatic rings. The molecule has 0 aromatic carbocycles. The van der Waals surface area contributed by atoms with Crippen molar-refractivity contribution in [3.05, 3.63) is 0 Å². The van der Waals surface area contributed by atoms with Gasteiger partial charge in [0, 0.05) is 10.7 Å². The topological polar surface area (TPSA) is 38.4 Å². The standard InChI is InChI=1S/C13H26N2S/c1-4-13(5-2,16-3)10-15-12(14)11-8-6-7-9-11/h11H,4-10H2,1-3H3,(H2,14,15). The third-order valence-electron chi connectivity index (χ3n) is 4.04. The first-order valence-corrected chi connectivity index (χ1v) is 7.75. The largest absolute Gasteiger partial charge is 0.387 e. The first-order valence-electron chi connectivity index (χ1n) is 6.52. The third kappa shape index (κ3) is 3.41. The highest BCUT2D eigenvalue weighted by Crippen LogP contribution is 2.31. The molecule has 94 valence electrons. The van der Waals surface area contributed by atoms with Crippen LogP contribution < -0.4 is 5.73 Å². The summed E-state index contributed by atoms with van der Waals surface area (Å²) in [5.41, 5.74) is 6.09. The number of hydrogen-bond acceptors (Lipinski definition) is 2. The Kier molecular flexibility index (Phi) is 5.67. The fraction of sp³-hybridized carbons (Fsp3) is 0.923. The molecular weight excluding hydrogens is 216 g/mol. The molecule has 0 amide bonds. The van der Waals surface area contributed by atoms with Gasteiger partial charge < -0.3 is 5.73 Å². The normalized spacial score (nSPS) is 19.3. The van der Waals surface area contributed by atoms with Gasteiger partial charge in [0.1, 0.15) is 0 Å². The molecule has 0 atom stereocenters. The fourth-order valence-electron chi connectivity index (χ4n) is 2.41. The van der Waals surface area contributed by atoms with Crippen LogP contribution in [0.25, 0.3) is 0 Å². The van der Waals surface area contributed by atoms with Crippen LogP contribution in [-0.4, -0.2) is 23.4 Å². The van der Waals surface area contributed by atoms with Crippen molar-refractivity contribution in [1.82, 2.24) is 0 Å². The smallest absolute Gasteiger partial charge is 0.0969 e. The molecule has 3 heteroatoms. The number of nitrogens with two attached hydrogens (primary N) is 1. The van der Waals surface area contributed by atoms with Crippen molar-refractivity contribution < 1.29 is 0 Å². The average Bonchev–Trinajstić information content (AvgIpc) is 2.85. The molecule has 0 heterocycles. The molecule has 1 saturated carbocycles. The van der Waals surface area contributed by atoms with Gasteiger partial charge in [0.15, 0.2) is 0 Å². The lowest BCUT2D eigenvalue weighted by molar-refractivity contribution is 0.557. The molecule has 16 heavy (non-hydrogen) atoms. The molecule has 1 rings (SSSR count). The van der Waals surface area contributed by atoms with Gasteiger partial charge in [-0.15, -0.1) is 0 Å². The summed E-state index contributed by atoms with van der Waals surface area (Å²) < 4.78 is 0.309. The van der Waals surface area contributed by atoms with E-state index in [4.69, 9.17) is 5.73 Å². The van der Waals surface area contributed by atoms with Crippen LogP contribution in [0.3, 0.4) is 0 Å². The van der Waals surface area contributed by atoms with E-state index in [0.717, 1.165) is 12.4 Å². The van der Waals surface area contributed by atoms with Crippen LogP contribution in [0.5, 0.6) is 0 Å². The van der Waals surface area contributed by atoms with Gasteiger partial charge in [-0.25, -0.2) is 0 Å². The van der Waals surface area contributed by atoms with Gasteiger partial charge in [-0.1, -0.05) is 26.7 Å². The molecule has 0 aromatic heterocycles. The van der Waals surface area contributed by atoms with Crippen LogP contribution in [0.2, 0.25) is 0 Å². The Hall–Kier alpha value is -0.180. The first kappa shape index (κ1) is 13.9. The zero-order valence-corrected chi connectivity index (χ0v) is 11.8. The second kappa shape index (κ2) is 6.53. The minimum atomic E-state index is 0.309. The van der Waals surface area contributed by atoms with Gasteiger partial charge in [-0.2, -0.15) is 11.8 Å². The lowest BCUT2D eigenvalue weighted by Crippen LogP contribution is -2.30. The molecular formula is C13H26N2S. The van der Waals surface area contributed by atoms with Gasteiger partial charge >= 0.3 is 0 Å². The predicted octanol–water partition coefficient (Wildman–Crippen LogP) is 3.46. The highest BCUT2D eigenvalue weighted by Gasteiger charge is 2.25. The van der Waals surface area contributed by atoms with Crippen LogP contribution >= 0.6 is 11.8 Å². The number of nitrogens with zero attached hydrogens (tertiary/aromatic N) is 1. The Balaban J connectivity index is 2.54. The summed E-state index contributed by atoms with van der Waals surface area (Å²) >= 11 is 1.94. The van der Waals surface area contributed by atoms with Crippen LogP contribution in [0.4, 0.5) is 0 Å². The Labute approximate surface area is 104 Å². The molecule has 0 spiro atoms. The Morgan fingerprint density at radius 3 is 2.31 bits per heavy atom. The van der Waals surface area contributed by atoms with Crippen molar-refractivity contribution in [3.8, 4) is 0 Å². The minimum Gasteiger partial charge on any atom is -0.387 e. The number of hydrogen-bond donors (Lipinski definition) is 1. The lowest BCUT2D eigenvalue weighted by atomic mass is 10.0. The summed E-state index contributed by atoms with van der Waals surface area (Å²) in [7, 11) is 0. The highest BCUT2D eigenvalue weighted by atomic mass is 32.2. The molecule has 0 bridgehead atoms. The Morgan fingerprint density at radius 1 is 1.31 bits per heavy atom. The Bertz CT molecular complexity index is 220. The van der Waals surface area contributed by atoms with Crippen LogP contribution in [0.1, 0.15) is 52.4 Å². The maximum absolute atomic E-state index is 6.09. The van der Waals surface area contributed by atoms with E-state index in [1.165, 1.54) is 38.5 Å². The molecule has 0 aliphatic heterocycles. The SMILES string of the molecule is CCC(CC)(CN=C(N)C1CCCC1)SC. The number of amidine groups is 1. The second-order valence-corrected chi connectivity index (χ2v) is 6.09. The first-order chi connectivity index (χ1) is 7.67. The summed E-state index contributed by atoms with van der Waals surface area (Å²) in [6.07, 6.45) is 9.69. The quantitative estimate of drug-likeness (QED) is 0.572. The molecule has 1 fully saturated rings. The third-order valence-corrected chi connectivity index (χ3v) is 5.62. The second-order valence-electron chi connectivity index (χ2n) is 4.82. The molecule has 0 radical (unpaired) electrons. The maximum atomic E-state index is 6.09. The van der Waals surface area contributed by atoms with Gasteiger partial charge in [-0.05, 0) is 31.9 Å². The number of aliphatic imine (C=N–C) groups is 1. The minimum absolute atomic E-state index is 0.309. The van der Waals surface area contributed by atoms with Crippen LogP contribution in [0, 0.1) is 5.92 Å². The van der Waals surface area contributed by atoms with E-state index in [9.17, 15) is 0 Å². The summed E-state index contributed by atoms with van der Waals surface area (Å²) in [6.45, 7) is 5.39. The zero-order chi connectivity index (χ0) is 12.0. The van der Waals surface area contributed by atoms with E-state index in [0.29, 0.717) is 10.7 Å². The van der Waals surface area contributed by atoms with E-state index in [-0.39, 0.29) is 0 Å². The van der Waals surface area contributed by atoms with Gasteiger partial charge in [-0.3, -0.25) is 4.99 Å². The number of thioether (sulfide) groups is 1. The number of rotatable bonds is 6. The summed E-state index contributed by atoms with van der Waals surface area (Å²) in [6, 6.07) is 0. The molecule has 0 saturated heterocycles. The van der Waals surface area contributed by atoms with Crippen molar-refractivity contribution in [3.63, 3.8) is 0 Å². The van der Waals surface area contributed by atoms with E-state index in [1.807, 2.05) is 11.8 Å². The molecule has 2 nitrogen and oxygen atoms in total. The van der Waals surface area contributed by atoms with Crippen LogP contribution in [-0.2, 0) is 0 Å². The summed E-state index contributed by atoms with van der Waals surface area (Å²) in [5, 5.41) is 0. The molecule has 0 aromatic rings. The van der Waals surface area contributed by atoms with Crippen molar-refractivity contribution in [2.45, 2.75) is 57.1 Å². The van der Waals surface area contributed by atoms with E-state index in [1.54, 1.807) is 0 Å². The summed E-state index contributed by atoms with van der Waals surface area (Å²) in [4.78, 5) is 4.66. The summed E-state index contributed by atoms with van der Waals surface area (Å²) in [5.74, 6) is 1.49. The maximum Gasteiger partial charge on any atom is 0.0969 e. The molecule has 0 unspecified atom stereocenters. The van der Waals surface area contributed by atoms with E-state index >= 15 is 0 Å². The van der Waals surface area contributed by atoms with E-state index < -0.39 is 0 Å². The van der Waals surface area contributed by atoms with E-state index in [2.05, 4.69) is 25.1 Å². The molecule has 1 aliphatic carbocycles. The fourth-order valence-corrected chi connectivity index (χ4v) is 3.18. The predicted molar refractivity (Wildman–Crippen MR) is 75.3 cm³/mol. The van der Waals surface area contributed by atoms with Gasteiger partial charge in [0.05, 0.1) is 12.4 Å². The van der Waals surface area contributed by atoms with Crippen molar-refractivity contribution >= 4 is 17.6 Å². The van der Waals surface area contributed by atoms with Gasteiger partial charge in [0.25, 0.3) is 0 Å². The van der Waals surface area contributed by atoms with Crippen molar-refractivity contribution in [1.29, 1.82) is 0 Å². The highest BCUT2D eigenvalue weighted by molar-refractivity contribution is 8.00. The Morgan fingerprint density at radius 2 is 1.88 bits per heavy atom. The lowest BCUT2D eigenvalue weighted by Gasteiger charge is -2.28. The molecule has 2 N–H and O–H groups in total. The van der Waals surface area contributed by atoms with Gasteiger partial charge in [0.2, 0.25) is 0 Å². The van der Waals surface area contributed by atoms with Crippen molar-refractivity contribution in [2.24, 2.45) is 16.6 Å². The average molecular weight is 242 g/mol.